The smallest absolute Gasteiger partial charge is 0.303 e. The van der Waals surface area contributed by atoms with Gasteiger partial charge in [-0.05, 0) is 56.3 Å². The van der Waals surface area contributed by atoms with Crippen LogP contribution in [0.4, 0.5) is 0 Å². The molecule has 0 aromatic heterocycles. The van der Waals surface area contributed by atoms with Crippen molar-refractivity contribution < 1.29 is 24.9 Å². The molecule has 0 spiro atoms. The van der Waals surface area contributed by atoms with Crippen molar-refractivity contribution in [3.05, 3.63) is 12.2 Å². The Labute approximate surface area is 169 Å². The lowest BCUT2D eigenvalue weighted by atomic mass is 9.86. The van der Waals surface area contributed by atoms with E-state index in [-0.39, 0.29) is 18.4 Å². The minimum atomic E-state index is -0.730. The molecule has 0 amide bonds. The zero-order valence-corrected chi connectivity index (χ0v) is 17.0. The lowest BCUT2D eigenvalue weighted by Gasteiger charge is -2.21. The highest BCUT2D eigenvalue weighted by Crippen LogP contribution is 2.42. The highest BCUT2D eigenvalue weighted by atomic mass is 16.5. The van der Waals surface area contributed by atoms with Crippen LogP contribution in [0.5, 0.6) is 0 Å². The van der Waals surface area contributed by atoms with Gasteiger partial charge in [0.15, 0.2) is 0 Å². The molecule has 3 rings (SSSR count). The van der Waals surface area contributed by atoms with Crippen LogP contribution in [0, 0.1) is 23.7 Å². The van der Waals surface area contributed by atoms with Gasteiger partial charge in [-0.25, -0.2) is 0 Å². The van der Waals surface area contributed by atoms with Crippen molar-refractivity contribution in [3.8, 4) is 0 Å². The Morgan fingerprint density at radius 2 is 1.89 bits per heavy atom. The monoisotopic (exact) mass is 394 g/mol. The number of ether oxygens (including phenoxy) is 1. The van der Waals surface area contributed by atoms with Crippen LogP contribution in [0.25, 0.3) is 0 Å². The molecule has 1 saturated heterocycles. The molecule has 3 N–H and O–H groups in total. The number of aliphatic carboxylic acids is 1. The van der Waals surface area contributed by atoms with Crippen LogP contribution in [0.3, 0.4) is 0 Å². The average molecular weight is 395 g/mol. The van der Waals surface area contributed by atoms with E-state index in [0.29, 0.717) is 31.3 Å². The minimum Gasteiger partial charge on any atom is -0.481 e. The van der Waals surface area contributed by atoms with Crippen LogP contribution < -0.4 is 0 Å². The number of hydrogen-bond donors (Lipinski definition) is 3. The third-order valence-electron chi connectivity index (χ3n) is 7.25. The van der Waals surface area contributed by atoms with Crippen LogP contribution >= 0.6 is 0 Å². The Morgan fingerprint density at radius 1 is 1.11 bits per heavy atom. The quantitative estimate of drug-likeness (QED) is 0.516. The van der Waals surface area contributed by atoms with Gasteiger partial charge in [-0.2, -0.15) is 0 Å². The molecule has 6 atom stereocenters. The Balaban J connectivity index is 1.46. The predicted molar refractivity (Wildman–Crippen MR) is 108 cm³/mol. The van der Waals surface area contributed by atoms with Crippen LogP contribution in [0.1, 0.15) is 77.0 Å². The third-order valence-corrected chi connectivity index (χ3v) is 7.25. The average Bonchev–Trinajstić information content (AvgIpc) is 3.23. The Kier molecular flexibility index (Phi) is 8.36. The van der Waals surface area contributed by atoms with E-state index in [4.69, 9.17) is 9.84 Å². The van der Waals surface area contributed by atoms with E-state index in [9.17, 15) is 15.0 Å². The van der Waals surface area contributed by atoms with Crippen molar-refractivity contribution in [3.63, 3.8) is 0 Å². The normalized spacial score (nSPS) is 35.1. The van der Waals surface area contributed by atoms with Crippen molar-refractivity contribution >= 4 is 5.97 Å². The van der Waals surface area contributed by atoms with E-state index in [2.05, 4.69) is 0 Å². The molecule has 0 bridgehead atoms. The van der Waals surface area contributed by atoms with Crippen molar-refractivity contribution in [2.45, 2.75) is 95.4 Å². The zero-order chi connectivity index (χ0) is 19.9. The fourth-order valence-electron chi connectivity index (χ4n) is 5.54. The fourth-order valence-corrected chi connectivity index (χ4v) is 5.54. The van der Waals surface area contributed by atoms with Gasteiger partial charge < -0.3 is 20.1 Å². The summed E-state index contributed by atoms with van der Waals surface area (Å²) in [5, 5.41) is 29.7. The number of fused-ring (bicyclic) bond motifs is 1. The van der Waals surface area contributed by atoms with Crippen molar-refractivity contribution in [1.29, 1.82) is 0 Å². The van der Waals surface area contributed by atoms with Gasteiger partial charge in [-0.1, -0.05) is 37.8 Å². The van der Waals surface area contributed by atoms with E-state index in [1.165, 1.54) is 25.7 Å². The van der Waals surface area contributed by atoms with Crippen molar-refractivity contribution in [2.24, 2.45) is 23.7 Å². The number of carboxylic acid groups (broad SMARTS) is 1. The summed E-state index contributed by atoms with van der Waals surface area (Å²) >= 11 is 0. The fraction of sp³-hybridized carbons (Fsp3) is 0.870. The Bertz CT molecular complexity index is 513. The SMILES string of the molecule is O=C(O)CCCC1CC[C@@H]2[C@@H](/C=C/C(O)CCC3CCCC3)[C@H](O)C[C@@H]2OC1. The summed E-state index contributed by atoms with van der Waals surface area (Å²) in [7, 11) is 0. The first-order valence-corrected chi connectivity index (χ1v) is 11.4. The standard InChI is InChI=1S/C23H38O5/c24-18(10-8-16-4-1-2-5-16)11-13-19-20-12-9-17(6-3-7-23(26)27)15-28-22(20)14-21(19)25/h11,13,16-22,24-25H,1-10,12,14-15H2,(H,26,27)/b13-11+/t17?,18?,19-,20-,21-,22+/m1/s1. The summed E-state index contributed by atoms with van der Waals surface area (Å²) in [6, 6.07) is 0. The first-order valence-electron chi connectivity index (χ1n) is 11.4. The first kappa shape index (κ1) is 21.8. The number of aliphatic hydroxyl groups excluding tert-OH is 2. The van der Waals surface area contributed by atoms with Crippen LogP contribution in [-0.4, -0.2) is 46.2 Å². The van der Waals surface area contributed by atoms with E-state index in [1.807, 2.05) is 12.2 Å². The van der Waals surface area contributed by atoms with Gasteiger partial charge in [0, 0.05) is 25.4 Å². The number of aliphatic hydroxyl groups is 2. The molecule has 1 heterocycles. The second-order valence-electron chi connectivity index (χ2n) is 9.33. The maximum Gasteiger partial charge on any atom is 0.303 e. The van der Waals surface area contributed by atoms with Gasteiger partial charge in [0.1, 0.15) is 0 Å². The molecule has 3 aliphatic rings. The van der Waals surface area contributed by atoms with E-state index in [1.54, 1.807) is 0 Å². The maximum absolute atomic E-state index is 10.7. The van der Waals surface area contributed by atoms with Gasteiger partial charge in [-0.3, -0.25) is 4.79 Å². The Hall–Kier alpha value is -0.910. The molecule has 2 saturated carbocycles. The van der Waals surface area contributed by atoms with Crippen LogP contribution in [0.15, 0.2) is 12.2 Å². The third kappa shape index (κ3) is 6.30. The van der Waals surface area contributed by atoms with Crippen molar-refractivity contribution in [2.75, 3.05) is 6.61 Å². The van der Waals surface area contributed by atoms with Crippen molar-refractivity contribution in [1.82, 2.24) is 0 Å². The molecule has 5 nitrogen and oxygen atoms in total. The molecule has 1 aliphatic heterocycles. The number of carboxylic acids is 1. The first-order chi connectivity index (χ1) is 13.5. The molecule has 0 radical (unpaired) electrons. The van der Waals surface area contributed by atoms with Gasteiger partial charge in [0.25, 0.3) is 0 Å². The number of hydrogen-bond acceptors (Lipinski definition) is 4. The summed E-state index contributed by atoms with van der Waals surface area (Å²) in [4.78, 5) is 10.7. The summed E-state index contributed by atoms with van der Waals surface area (Å²) in [6.45, 7) is 0.675. The molecular formula is C23H38O5. The second kappa shape index (κ2) is 10.7. The topological polar surface area (TPSA) is 87.0 Å². The highest BCUT2D eigenvalue weighted by molar-refractivity contribution is 5.66. The van der Waals surface area contributed by atoms with Gasteiger partial charge in [0.05, 0.1) is 18.3 Å². The molecule has 3 fully saturated rings. The molecule has 160 valence electrons. The molecule has 5 heteroatoms. The Morgan fingerprint density at radius 3 is 2.64 bits per heavy atom. The lowest BCUT2D eigenvalue weighted by Crippen LogP contribution is -2.21. The van der Waals surface area contributed by atoms with E-state index in [0.717, 1.165) is 38.0 Å². The molecular weight excluding hydrogens is 356 g/mol. The van der Waals surface area contributed by atoms with Crippen LogP contribution in [-0.2, 0) is 9.53 Å². The highest BCUT2D eigenvalue weighted by Gasteiger charge is 2.43. The summed E-state index contributed by atoms with van der Waals surface area (Å²) in [5.74, 6) is 0.842. The molecule has 0 aromatic carbocycles. The van der Waals surface area contributed by atoms with Gasteiger partial charge in [-0.15, -0.1) is 0 Å². The summed E-state index contributed by atoms with van der Waals surface area (Å²) < 4.78 is 6.12. The lowest BCUT2D eigenvalue weighted by molar-refractivity contribution is -0.137. The van der Waals surface area contributed by atoms with Crippen LogP contribution in [0.2, 0.25) is 0 Å². The molecule has 2 aliphatic carbocycles. The molecule has 0 aromatic rings. The zero-order valence-electron chi connectivity index (χ0n) is 17.0. The largest absolute Gasteiger partial charge is 0.481 e. The summed E-state index contributed by atoms with van der Waals surface area (Å²) in [5.41, 5.74) is 0. The van der Waals surface area contributed by atoms with Gasteiger partial charge in [0.2, 0.25) is 0 Å². The number of rotatable bonds is 9. The van der Waals surface area contributed by atoms with E-state index >= 15 is 0 Å². The second-order valence-corrected chi connectivity index (χ2v) is 9.33. The molecule has 2 unspecified atom stereocenters. The van der Waals surface area contributed by atoms with Gasteiger partial charge >= 0.3 is 5.97 Å². The van der Waals surface area contributed by atoms with E-state index < -0.39 is 18.2 Å². The minimum absolute atomic E-state index is 0.0592. The maximum atomic E-state index is 10.7. The number of carbonyl (C=O) groups is 1. The molecule has 28 heavy (non-hydrogen) atoms. The summed E-state index contributed by atoms with van der Waals surface area (Å²) in [6.07, 6.45) is 15.0. The predicted octanol–water partition coefficient (Wildman–Crippen LogP) is 3.92.